The van der Waals surface area contributed by atoms with Gasteiger partial charge < -0.3 is 0 Å². The van der Waals surface area contributed by atoms with Crippen LogP contribution in [0, 0.1) is 6.13 Å². The minimum absolute atomic E-state index is 0. The zero-order valence-corrected chi connectivity index (χ0v) is 6.91. The van der Waals surface area contributed by atoms with Crippen LogP contribution in [0.1, 0.15) is 0 Å². The van der Waals surface area contributed by atoms with Crippen molar-refractivity contribution in [1.82, 2.24) is 0 Å². The highest BCUT2D eigenvalue weighted by atomic mass is 35.5. The summed E-state index contributed by atoms with van der Waals surface area (Å²) in [6, 6.07) is 0. The topological polar surface area (TPSA) is 0 Å². The first-order valence-electron chi connectivity index (χ1n) is 0.378. The van der Waals surface area contributed by atoms with Crippen LogP contribution in [0.5, 0.6) is 0 Å². The molecule has 0 rings (SSSR count). The fourth-order valence-corrected chi connectivity index (χ4v) is 0. The molecule has 0 unspecified atom stereocenters. The zero-order valence-electron chi connectivity index (χ0n) is 2.89. The summed E-state index contributed by atoms with van der Waals surface area (Å²) in [5.41, 5.74) is 0. The molecular weight excluding hydrogens is 208 g/mol. The summed E-state index contributed by atoms with van der Waals surface area (Å²) >= 11 is 4.08. The second-order valence-electron chi connectivity index (χ2n) is 0.0714. The number of halogens is 6. The molecule has 0 N–H and O–H groups in total. The van der Waals surface area contributed by atoms with Crippen LogP contribution < -0.4 is 0 Å². The van der Waals surface area contributed by atoms with Gasteiger partial charge in [0.1, 0.15) is 0 Å². The minimum Gasteiger partial charge on any atom is -0.216 e. The summed E-state index contributed by atoms with van der Waals surface area (Å²) in [4.78, 5) is 0. The Morgan fingerprint density at radius 2 is 1.00 bits per heavy atom. The summed E-state index contributed by atoms with van der Waals surface area (Å²) in [5.74, 6) is 0. The molecule has 50 valence electrons. The van der Waals surface area contributed by atoms with Gasteiger partial charge in [-0.25, -0.2) is 4.39 Å². The highest BCUT2D eigenvalue weighted by Gasteiger charge is 1.50. The van der Waals surface area contributed by atoms with Crippen LogP contribution in [0.4, 0.5) is 4.39 Å². The monoisotopic (exact) mass is 210 g/mol. The molecule has 0 aliphatic carbocycles. The van der Waals surface area contributed by atoms with Gasteiger partial charge in [-0.1, -0.05) is 11.6 Å². The van der Waals surface area contributed by atoms with E-state index >= 15 is 0 Å². The molecule has 0 aromatic carbocycles. The average molecular weight is 212 g/mol. The first-order chi connectivity index (χ1) is 1.41. The van der Waals surface area contributed by atoms with Gasteiger partial charge in [0.15, 0.2) is 0 Å². The quantitative estimate of drug-likeness (QED) is 0.579. The largest absolute Gasteiger partial charge is 0.288 e. The van der Waals surface area contributed by atoms with Gasteiger partial charge >= 0.3 is 0 Å². The number of hydrogen-bond donors (Lipinski definition) is 0. The third kappa shape index (κ3) is 112. The van der Waals surface area contributed by atoms with Gasteiger partial charge in [-0.2, -0.15) is 0 Å². The van der Waals surface area contributed by atoms with Gasteiger partial charge in [-0.05, 0) is 0 Å². The molecule has 7 heavy (non-hydrogen) atoms. The standard InChI is InChI=1S/CClF.4ClH/c2-1-3;;;;/h;4*1H. The number of rotatable bonds is 0. The van der Waals surface area contributed by atoms with Gasteiger partial charge in [0.25, 0.3) is 6.13 Å². The normalized spacial score (nSPS) is 2.57. The lowest BCUT2D eigenvalue weighted by Crippen LogP contribution is -1.12. The number of hydrogen-bond acceptors (Lipinski definition) is 0. The van der Waals surface area contributed by atoms with E-state index in [1.165, 1.54) is 0 Å². The van der Waals surface area contributed by atoms with Gasteiger partial charge in [-0.15, -0.1) is 49.6 Å². The maximum Gasteiger partial charge on any atom is 0.288 e. The molecule has 0 aliphatic rings. The van der Waals surface area contributed by atoms with Crippen molar-refractivity contribution in [1.29, 1.82) is 0 Å². The Morgan fingerprint density at radius 3 is 1.00 bits per heavy atom. The summed E-state index contributed by atoms with van der Waals surface area (Å²) in [6.07, 6.45) is 0.722. The molecular formula is CH4Cl5F. The molecule has 0 aromatic rings. The molecule has 0 bridgehead atoms. The first-order valence-corrected chi connectivity index (χ1v) is 0.756. The van der Waals surface area contributed by atoms with Gasteiger partial charge in [-0.3, -0.25) is 0 Å². The Balaban J connectivity index is -0.00000000333. The van der Waals surface area contributed by atoms with Crippen molar-refractivity contribution in [2.45, 2.75) is 0 Å². The Morgan fingerprint density at radius 1 is 1.00 bits per heavy atom. The fourth-order valence-electron chi connectivity index (χ4n) is 0. The molecule has 0 atom stereocenters. The predicted octanol–water partition coefficient (Wildman–Crippen LogP) is 2.88. The first kappa shape index (κ1) is 40.0. The van der Waals surface area contributed by atoms with Gasteiger partial charge in [0, 0.05) is 0 Å². The molecule has 0 aliphatic heterocycles. The minimum atomic E-state index is 0. The molecule has 2 radical (unpaired) electrons. The van der Waals surface area contributed by atoms with E-state index in [0.717, 1.165) is 6.13 Å². The molecule has 0 saturated carbocycles. The SMILES string of the molecule is Cl.Cl.Cl.Cl.F[C]Cl. The van der Waals surface area contributed by atoms with Gasteiger partial charge in [0.2, 0.25) is 0 Å². The molecule has 0 heterocycles. The van der Waals surface area contributed by atoms with Crippen molar-refractivity contribution in [3.8, 4) is 0 Å². The van der Waals surface area contributed by atoms with E-state index in [0.29, 0.717) is 0 Å². The lowest BCUT2D eigenvalue weighted by molar-refractivity contribution is 0.685. The summed E-state index contributed by atoms with van der Waals surface area (Å²) in [6.45, 7) is 0. The maximum absolute atomic E-state index is 9.81. The van der Waals surface area contributed by atoms with Crippen molar-refractivity contribution in [3.05, 3.63) is 6.13 Å². The van der Waals surface area contributed by atoms with Crippen molar-refractivity contribution in [3.63, 3.8) is 0 Å². The summed E-state index contributed by atoms with van der Waals surface area (Å²) < 4.78 is 9.81. The molecule has 0 fully saturated rings. The second-order valence-corrected chi connectivity index (χ2v) is 0.214. The van der Waals surface area contributed by atoms with E-state index in [-0.39, 0.29) is 49.6 Å². The second kappa shape index (κ2) is 53.0. The Bertz CT molecular complexity index is 8.04. The van der Waals surface area contributed by atoms with E-state index < -0.39 is 0 Å². The Kier molecular flexibility index (Phi) is 303. The van der Waals surface area contributed by atoms with Crippen LogP contribution in [0.25, 0.3) is 0 Å². The highest BCUT2D eigenvalue weighted by molar-refractivity contribution is 6.21. The van der Waals surface area contributed by atoms with E-state index in [4.69, 9.17) is 0 Å². The van der Waals surface area contributed by atoms with Crippen LogP contribution in [0.15, 0.2) is 0 Å². The molecule has 0 amide bonds. The zero-order chi connectivity index (χ0) is 2.71. The molecule has 0 nitrogen and oxygen atoms in total. The van der Waals surface area contributed by atoms with Crippen molar-refractivity contribution in [2.75, 3.05) is 0 Å². The van der Waals surface area contributed by atoms with E-state index in [2.05, 4.69) is 11.6 Å². The average Bonchev–Trinajstić information content (AvgIpc) is 0.918. The van der Waals surface area contributed by atoms with Crippen LogP contribution in [0.3, 0.4) is 0 Å². The lowest BCUT2D eigenvalue weighted by atomic mass is 11.8. The smallest absolute Gasteiger partial charge is 0.216 e. The molecule has 0 saturated heterocycles. The van der Waals surface area contributed by atoms with Crippen LogP contribution >= 0.6 is 61.2 Å². The van der Waals surface area contributed by atoms with Crippen LogP contribution in [-0.2, 0) is 0 Å². The third-order valence-corrected chi connectivity index (χ3v) is 0. The molecule has 0 spiro atoms. The van der Waals surface area contributed by atoms with E-state index in [9.17, 15) is 4.39 Å². The maximum atomic E-state index is 9.81. The van der Waals surface area contributed by atoms with Crippen LogP contribution in [0.2, 0.25) is 0 Å². The van der Waals surface area contributed by atoms with Gasteiger partial charge in [0.05, 0.1) is 0 Å². The predicted molar refractivity (Wildman–Crippen MR) is 39.2 cm³/mol. The summed E-state index contributed by atoms with van der Waals surface area (Å²) in [5, 5.41) is 0. The lowest BCUT2D eigenvalue weighted by Gasteiger charge is -1.36. The third-order valence-electron chi connectivity index (χ3n) is 0. The molecule has 6 heteroatoms. The highest BCUT2D eigenvalue weighted by Crippen LogP contribution is 1.76. The summed E-state index contributed by atoms with van der Waals surface area (Å²) in [7, 11) is 0. The van der Waals surface area contributed by atoms with Crippen molar-refractivity contribution < 1.29 is 4.39 Å². The van der Waals surface area contributed by atoms with Crippen molar-refractivity contribution >= 4 is 61.2 Å². The van der Waals surface area contributed by atoms with E-state index in [1.54, 1.807) is 0 Å². The Hall–Kier alpha value is 1.38. The fraction of sp³-hybridized carbons (Fsp3) is 0. The molecule has 0 aromatic heterocycles. The Labute approximate surface area is 71.8 Å². The van der Waals surface area contributed by atoms with E-state index in [1.807, 2.05) is 0 Å². The van der Waals surface area contributed by atoms with Crippen LogP contribution in [-0.4, -0.2) is 0 Å². The van der Waals surface area contributed by atoms with Crippen molar-refractivity contribution in [2.24, 2.45) is 0 Å².